The molecule has 1 aromatic carbocycles. The summed E-state index contributed by atoms with van der Waals surface area (Å²) >= 11 is 0. The van der Waals surface area contributed by atoms with Crippen LogP contribution >= 0.6 is 0 Å². The Kier molecular flexibility index (Phi) is 4.57. The normalized spacial score (nSPS) is 22.5. The van der Waals surface area contributed by atoms with E-state index < -0.39 is 0 Å². The molecule has 1 aliphatic rings. The Balaban J connectivity index is 1.88. The maximum absolute atomic E-state index is 12.2. The zero-order valence-corrected chi connectivity index (χ0v) is 11.4. The predicted molar refractivity (Wildman–Crippen MR) is 74.6 cm³/mol. The second kappa shape index (κ2) is 6.38. The van der Waals surface area contributed by atoms with Crippen LogP contribution in [0.25, 0.3) is 0 Å². The Labute approximate surface area is 114 Å². The summed E-state index contributed by atoms with van der Waals surface area (Å²) in [5, 5.41) is 11.8. The first-order valence-corrected chi connectivity index (χ1v) is 6.94. The first-order chi connectivity index (χ1) is 9.20. The number of rotatable bonds is 3. The van der Waals surface area contributed by atoms with Crippen molar-refractivity contribution in [2.24, 2.45) is 5.92 Å². The number of carbonyl (C=O) groups is 1. The van der Waals surface area contributed by atoms with Gasteiger partial charge in [0.15, 0.2) is 0 Å². The van der Waals surface area contributed by atoms with Crippen LogP contribution in [0.1, 0.15) is 48.0 Å². The van der Waals surface area contributed by atoms with Crippen molar-refractivity contribution in [1.29, 1.82) is 5.26 Å². The zero-order chi connectivity index (χ0) is 13.7. The Hall–Kier alpha value is -1.82. The van der Waals surface area contributed by atoms with Crippen LogP contribution in [0.3, 0.4) is 0 Å². The molecule has 1 aliphatic carbocycles. The van der Waals surface area contributed by atoms with Crippen LogP contribution in [0.5, 0.6) is 0 Å². The van der Waals surface area contributed by atoms with Crippen LogP contribution in [0.2, 0.25) is 0 Å². The van der Waals surface area contributed by atoms with E-state index in [1.54, 1.807) is 0 Å². The highest BCUT2D eigenvalue weighted by Gasteiger charge is 2.22. The van der Waals surface area contributed by atoms with Gasteiger partial charge in [-0.3, -0.25) is 4.79 Å². The van der Waals surface area contributed by atoms with Gasteiger partial charge in [-0.25, -0.2) is 0 Å². The number of hydrogen-bond donors (Lipinski definition) is 1. The molecule has 3 nitrogen and oxygen atoms in total. The Morgan fingerprint density at radius 3 is 2.63 bits per heavy atom. The van der Waals surface area contributed by atoms with Crippen LogP contribution in [0.4, 0.5) is 0 Å². The molecule has 0 radical (unpaired) electrons. The van der Waals surface area contributed by atoms with Crippen molar-refractivity contribution in [3.8, 4) is 6.07 Å². The van der Waals surface area contributed by atoms with E-state index in [-0.39, 0.29) is 11.9 Å². The smallest absolute Gasteiger partial charge is 0.251 e. The lowest BCUT2D eigenvalue weighted by Crippen LogP contribution is -2.37. The van der Waals surface area contributed by atoms with Gasteiger partial charge in [0.25, 0.3) is 5.91 Å². The van der Waals surface area contributed by atoms with Gasteiger partial charge in [-0.2, -0.15) is 5.26 Å². The number of nitrogens with zero attached hydrogens (tertiary/aromatic N) is 1. The molecule has 0 aliphatic heterocycles. The van der Waals surface area contributed by atoms with Crippen LogP contribution < -0.4 is 5.32 Å². The molecule has 1 amide bonds. The highest BCUT2D eigenvalue weighted by molar-refractivity contribution is 5.95. The molecule has 0 heterocycles. The molecular formula is C16H20N2O. The maximum Gasteiger partial charge on any atom is 0.251 e. The summed E-state index contributed by atoms with van der Waals surface area (Å²) in [5.74, 6) is 0.554. The van der Waals surface area contributed by atoms with Crippen molar-refractivity contribution in [2.75, 3.05) is 0 Å². The van der Waals surface area contributed by atoms with Gasteiger partial charge in [-0.1, -0.05) is 18.2 Å². The summed E-state index contributed by atoms with van der Waals surface area (Å²) in [4.78, 5) is 12.2. The molecule has 0 unspecified atom stereocenters. The van der Waals surface area contributed by atoms with Gasteiger partial charge in [0.1, 0.15) is 0 Å². The summed E-state index contributed by atoms with van der Waals surface area (Å²) in [6.45, 7) is 1.96. The van der Waals surface area contributed by atoms with Crippen molar-refractivity contribution >= 4 is 5.91 Å². The van der Waals surface area contributed by atoms with E-state index in [9.17, 15) is 4.79 Å². The lowest BCUT2D eigenvalue weighted by Gasteiger charge is -2.28. The molecule has 1 saturated carbocycles. The van der Waals surface area contributed by atoms with E-state index in [0.29, 0.717) is 12.3 Å². The Morgan fingerprint density at radius 1 is 1.32 bits per heavy atom. The maximum atomic E-state index is 12.2. The van der Waals surface area contributed by atoms with Crippen LogP contribution in [-0.4, -0.2) is 11.9 Å². The molecule has 100 valence electrons. The van der Waals surface area contributed by atoms with Crippen LogP contribution in [-0.2, 0) is 0 Å². The third kappa shape index (κ3) is 3.57. The molecule has 2 rings (SSSR count). The molecular weight excluding hydrogens is 236 g/mol. The van der Waals surface area contributed by atoms with Gasteiger partial charge < -0.3 is 5.32 Å². The SMILES string of the molecule is Cc1ccccc1C(=O)NC1CCC(CC#N)CC1. The van der Waals surface area contributed by atoms with E-state index in [4.69, 9.17) is 5.26 Å². The number of amides is 1. The van der Waals surface area contributed by atoms with Gasteiger partial charge in [0, 0.05) is 18.0 Å². The third-order valence-electron chi connectivity index (χ3n) is 3.95. The minimum absolute atomic E-state index is 0.0295. The number of benzene rings is 1. The molecule has 0 aromatic heterocycles. The van der Waals surface area contributed by atoms with Crippen molar-refractivity contribution in [1.82, 2.24) is 5.32 Å². The fraction of sp³-hybridized carbons (Fsp3) is 0.500. The van der Waals surface area contributed by atoms with Crippen LogP contribution in [0, 0.1) is 24.2 Å². The Morgan fingerprint density at radius 2 is 2.00 bits per heavy atom. The van der Waals surface area contributed by atoms with E-state index >= 15 is 0 Å². The first-order valence-electron chi connectivity index (χ1n) is 6.94. The van der Waals surface area contributed by atoms with Crippen molar-refractivity contribution in [2.45, 2.75) is 45.1 Å². The highest BCUT2D eigenvalue weighted by atomic mass is 16.1. The van der Waals surface area contributed by atoms with E-state index in [1.807, 2.05) is 31.2 Å². The largest absolute Gasteiger partial charge is 0.349 e. The number of nitrogens with one attached hydrogen (secondary N) is 1. The molecule has 1 aromatic rings. The van der Waals surface area contributed by atoms with Crippen molar-refractivity contribution < 1.29 is 4.79 Å². The molecule has 1 fully saturated rings. The van der Waals surface area contributed by atoms with Crippen LogP contribution in [0.15, 0.2) is 24.3 Å². The van der Waals surface area contributed by atoms with Crippen molar-refractivity contribution in [3.63, 3.8) is 0 Å². The summed E-state index contributed by atoms with van der Waals surface area (Å²) in [5.41, 5.74) is 1.78. The molecule has 0 atom stereocenters. The molecule has 3 heteroatoms. The topological polar surface area (TPSA) is 52.9 Å². The molecule has 0 saturated heterocycles. The summed E-state index contributed by atoms with van der Waals surface area (Å²) < 4.78 is 0. The fourth-order valence-electron chi connectivity index (χ4n) is 2.73. The average Bonchev–Trinajstić information content (AvgIpc) is 2.42. The number of carbonyl (C=O) groups excluding carboxylic acids is 1. The predicted octanol–water partition coefficient (Wildman–Crippen LogP) is 3.20. The zero-order valence-electron chi connectivity index (χ0n) is 11.4. The molecule has 1 N–H and O–H groups in total. The number of aryl methyl sites for hydroxylation is 1. The third-order valence-corrected chi connectivity index (χ3v) is 3.95. The van der Waals surface area contributed by atoms with Gasteiger partial charge in [-0.05, 0) is 50.2 Å². The van der Waals surface area contributed by atoms with E-state index in [1.165, 1.54) is 0 Å². The molecule has 0 bridgehead atoms. The summed E-state index contributed by atoms with van der Waals surface area (Å²) in [6.07, 6.45) is 4.73. The van der Waals surface area contributed by atoms with E-state index in [2.05, 4.69) is 11.4 Å². The number of nitriles is 1. The molecule has 19 heavy (non-hydrogen) atoms. The minimum atomic E-state index is 0.0295. The summed E-state index contributed by atoms with van der Waals surface area (Å²) in [6, 6.07) is 10.2. The second-order valence-corrected chi connectivity index (χ2v) is 5.37. The monoisotopic (exact) mass is 256 g/mol. The summed E-state index contributed by atoms with van der Waals surface area (Å²) in [7, 11) is 0. The van der Waals surface area contributed by atoms with Gasteiger partial charge in [-0.15, -0.1) is 0 Å². The van der Waals surface area contributed by atoms with Crippen molar-refractivity contribution in [3.05, 3.63) is 35.4 Å². The van der Waals surface area contributed by atoms with Gasteiger partial charge in [0.2, 0.25) is 0 Å². The van der Waals surface area contributed by atoms with Gasteiger partial charge >= 0.3 is 0 Å². The minimum Gasteiger partial charge on any atom is -0.349 e. The fourth-order valence-corrected chi connectivity index (χ4v) is 2.73. The standard InChI is InChI=1S/C16H20N2O/c1-12-4-2-3-5-15(12)16(19)18-14-8-6-13(7-9-14)10-11-17/h2-5,13-14H,6-10H2,1H3,(H,18,19). The molecule has 0 spiro atoms. The average molecular weight is 256 g/mol. The second-order valence-electron chi connectivity index (χ2n) is 5.37. The first kappa shape index (κ1) is 13.6. The highest BCUT2D eigenvalue weighted by Crippen LogP contribution is 2.26. The lowest BCUT2D eigenvalue weighted by molar-refractivity contribution is 0.0921. The number of hydrogen-bond acceptors (Lipinski definition) is 2. The Bertz CT molecular complexity index is 482. The van der Waals surface area contributed by atoms with E-state index in [0.717, 1.165) is 36.8 Å². The van der Waals surface area contributed by atoms with Gasteiger partial charge in [0.05, 0.1) is 6.07 Å². The lowest BCUT2D eigenvalue weighted by atomic mass is 9.84. The quantitative estimate of drug-likeness (QED) is 0.903.